The first-order chi connectivity index (χ1) is 13.6. The highest BCUT2D eigenvalue weighted by atomic mass is 79.9. The van der Waals surface area contributed by atoms with Crippen molar-refractivity contribution in [2.75, 3.05) is 5.32 Å². The van der Waals surface area contributed by atoms with Crippen LogP contribution in [0.1, 0.15) is 12.0 Å². The molecule has 0 fully saturated rings. The van der Waals surface area contributed by atoms with E-state index >= 15 is 0 Å². The number of carbonyl (C=O) groups is 1. The lowest BCUT2D eigenvalue weighted by molar-refractivity contribution is -0.116. The number of hydrogen-bond donors (Lipinski definition) is 1. The number of fused-ring (bicyclic) bond motifs is 1. The van der Waals surface area contributed by atoms with E-state index in [1.54, 1.807) is 35.1 Å². The molecule has 0 unspecified atom stereocenters. The molecule has 28 heavy (non-hydrogen) atoms. The Labute approximate surface area is 168 Å². The van der Waals surface area contributed by atoms with Gasteiger partial charge < -0.3 is 9.73 Å². The van der Waals surface area contributed by atoms with Crippen molar-refractivity contribution in [3.8, 4) is 0 Å². The minimum atomic E-state index is -0.464. The molecule has 4 aromatic rings. The van der Waals surface area contributed by atoms with Crippen molar-refractivity contribution < 1.29 is 9.21 Å². The van der Waals surface area contributed by atoms with Gasteiger partial charge in [0.05, 0.1) is 18.3 Å². The second-order valence-electron chi connectivity index (χ2n) is 6.29. The Balaban J connectivity index is 1.43. The molecule has 0 aliphatic heterocycles. The number of hydrogen-bond acceptors (Lipinski definition) is 4. The molecule has 0 saturated carbocycles. The summed E-state index contributed by atoms with van der Waals surface area (Å²) >= 11 is 3.45. The maximum atomic E-state index is 12.4. The highest BCUT2D eigenvalue weighted by Crippen LogP contribution is 2.16. The molecular weight excluding hydrogens is 424 g/mol. The van der Waals surface area contributed by atoms with Crippen molar-refractivity contribution in [3.63, 3.8) is 0 Å². The van der Waals surface area contributed by atoms with E-state index in [4.69, 9.17) is 4.42 Å². The Bertz CT molecular complexity index is 1190. The van der Waals surface area contributed by atoms with Crippen molar-refractivity contribution in [2.45, 2.75) is 19.5 Å². The number of rotatable bonds is 6. The van der Waals surface area contributed by atoms with Gasteiger partial charge in [0.25, 0.3) is 0 Å². The van der Waals surface area contributed by atoms with E-state index in [2.05, 4.69) is 26.3 Å². The summed E-state index contributed by atoms with van der Waals surface area (Å²) in [5.41, 5.74) is 2.25. The summed E-state index contributed by atoms with van der Waals surface area (Å²) in [6, 6.07) is 16.8. The van der Waals surface area contributed by atoms with Gasteiger partial charge in [-0.15, -0.1) is 0 Å². The fraction of sp³-hybridized carbons (Fsp3) is 0.150. The van der Waals surface area contributed by atoms with Crippen LogP contribution in [0.4, 0.5) is 5.82 Å². The van der Waals surface area contributed by atoms with Crippen LogP contribution in [0, 0.1) is 0 Å². The van der Waals surface area contributed by atoms with Gasteiger partial charge in [-0.3, -0.25) is 9.36 Å². The van der Waals surface area contributed by atoms with E-state index in [0.717, 1.165) is 10.0 Å². The van der Waals surface area contributed by atoms with Crippen LogP contribution >= 0.6 is 15.9 Å². The zero-order chi connectivity index (χ0) is 19.5. The van der Waals surface area contributed by atoms with Crippen LogP contribution in [0.3, 0.4) is 0 Å². The predicted molar refractivity (Wildman–Crippen MR) is 109 cm³/mol. The highest BCUT2D eigenvalue weighted by Gasteiger charge is 2.12. The highest BCUT2D eigenvalue weighted by molar-refractivity contribution is 9.10. The summed E-state index contributed by atoms with van der Waals surface area (Å²) in [4.78, 5) is 24.4. The minimum Gasteiger partial charge on any atom is -0.408 e. The molecular formula is C20H17BrN4O3. The maximum Gasteiger partial charge on any atom is 0.419 e. The molecule has 2 aromatic heterocycles. The summed E-state index contributed by atoms with van der Waals surface area (Å²) in [5.74, 6) is -0.0590. The number of aryl methyl sites for hydroxylation is 1. The fourth-order valence-electron chi connectivity index (χ4n) is 3.02. The fourth-order valence-corrected chi connectivity index (χ4v) is 3.46. The number of oxazole rings is 1. The van der Waals surface area contributed by atoms with E-state index in [1.165, 1.54) is 4.57 Å². The molecule has 0 bridgehead atoms. The van der Waals surface area contributed by atoms with Crippen LogP contribution in [0.25, 0.3) is 11.1 Å². The first kappa shape index (κ1) is 18.2. The summed E-state index contributed by atoms with van der Waals surface area (Å²) < 4.78 is 9.36. The molecule has 2 aromatic carbocycles. The normalized spacial score (nSPS) is 11.0. The number of anilines is 1. The number of carbonyl (C=O) groups excluding carboxylic acids is 1. The van der Waals surface area contributed by atoms with Crippen LogP contribution in [-0.2, 0) is 17.9 Å². The van der Waals surface area contributed by atoms with E-state index in [9.17, 15) is 9.59 Å². The molecule has 7 nitrogen and oxygen atoms in total. The predicted octanol–water partition coefficient (Wildman–Crippen LogP) is 3.63. The van der Waals surface area contributed by atoms with Crippen LogP contribution in [0.2, 0.25) is 0 Å². The Kier molecular flexibility index (Phi) is 5.12. The first-order valence-electron chi connectivity index (χ1n) is 8.74. The molecule has 0 saturated heterocycles. The van der Waals surface area contributed by atoms with Gasteiger partial charge in [0.15, 0.2) is 5.58 Å². The molecule has 0 spiro atoms. The van der Waals surface area contributed by atoms with Crippen LogP contribution < -0.4 is 11.1 Å². The van der Waals surface area contributed by atoms with Gasteiger partial charge in [-0.25, -0.2) is 9.48 Å². The number of para-hydroxylation sites is 2. The van der Waals surface area contributed by atoms with Crippen LogP contribution in [-0.4, -0.2) is 20.3 Å². The monoisotopic (exact) mass is 440 g/mol. The molecule has 0 aliphatic rings. The largest absolute Gasteiger partial charge is 0.419 e. The number of nitrogens with one attached hydrogen (secondary N) is 1. The molecule has 0 aliphatic carbocycles. The maximum absolute atomic E-state index is 12.4. The van der Waals surface area contributed by atoms with Crippen LogP contribution in [0.5, 0.6) is 0 Å². The first-order valence-corrected chi connectivity index (χ1v) is 9.54. The molecule has 142 valence electrons. The zero-order valence-corrected chi connectivity index (χ0v) is 16.4. The van der Waals surface area contributed by atoms with Crippen LogP contribution in [0.15, 0.2) is 74.5 Å². The lowest BCUT2D eigenvalue weighted by Gasteiger charge is -2.09. The Morgan fingerprint density at radius 1 is 1.14 bits per heavy atom. The molecule has 1 amide bonds. The van der Waals surface area contributed by atoms with Gasteiger partial charge in [0.1, 0.15) is 5.82 Å². The second-order valence-corrected chi connectivity index (χ2v) is 7.21. The quantitative estimate of drug-likeness (QED) is 0.496. The number of nitrogens with zero attached hydrogens (tertiary/aromatic N) is 3. The van der Waals surface area contributed by atoms with E-state index in [0.29, 0.717) is 23.5 Å². The topological polar surface area (TPSA) is 82.1 Å². The van der Waals surface area contributed by atoms with E-state index in [-0.39, 0.29) is 18.9 Å². The Hall–Kier alpha value is -3.13. The lowest BCUT2D eigenvalue weighted by atomic mass is 10.2. The van der Waals surface area contributed by atoms with Gasteiger partial charge in [-0.05, 0) is 29.8 Å². The second kappa shape index (κ2) is 7.85. The Morgan fingerprint density at radius 2 is 2.00 bits per heavy atom. The third-order valence-corrected chi connectivity index (χ3v) is 4.83. The average molecular weight is 441 g/mol. The van der Waals surface area contributed by atoms with Gasteiger partial charge >= 0.3 is 5.76 Å². The standard InChI is InChI=1S/C20H17BrN4O3/c21-15-5-3-4-14(12-15)13-25-18(8-10-22-25)23-19(26)9-11-24-16-6-1-2-7-17(16)28-20(24)27/h1-8,10,12H,9,11,13H2,(H,23,26). The molecule has 2 heterocycles. The molecule has 0 atom stereocenters. The molecule has 8 heteroatoms. The zero-order valence-electron chi connectivity index (χ0n) is 14.8. The van der Waals surface area contributed by atoms with Gasteiger partial charge in [0.2, 0.25) is 5.91 Å². The number of benzene rings is 2. The van der Waals surface area contributed by atoms with Gasteiger partial charge in [-0.2, -0.15) is 5.10 Å². The number of halogens is 1. The summed E-state index contributed by atoms with van der Waals surface area (Å²) in [5, 5.41) is 7.13. The smallest absolute Gasteiger partial charge is 0.408 e. The van der Waals surface area contributed by atoms with Gasteiger partial charge in [-0.1, -0.05) is 40.2 Å². The summed E-state index contributed by atoms with van der Waals surface area (Å²) in [7, 11) is 0. The Morgan fingerprint density at radius 3 is 2.86 bits per heavy atom. The van der Waals surface area contributed by atoms with Crippen molar-refractivity contribution >= 4 is 38.8 Å². The van der Waals surface area contributed by atoms with Gasteiger partial charge in [0, 0.05) is 23.5 Å². The molecule has 0 radical (unpaired) electrons. The SMILES string of the molecule is O=C(CCn1c(=O)oc2ccccc21)Nc1ccnn1Cc1cccc(Br)c1. The third kappa shape index (κ3) is 3.91. The van der Waals surface area contributed by atoms with E-state index < -0.39 is 5.76 Å². The van der Waals surface area contributed by atoms with Crippen molar-refractivity contribution in [2.24, 2.45) is 0 Å². The third-order valence-electron chi connectivity index (χ3n) is 4.34. The van der Waals surface area contributed by atoms with Crippen molar-refractivity contribution in [3.05, 3.63) is 81.4 Å². The molecule has 4 rings (SSSR count). The average Bonchev–Trinajstić information content (AvgIpc) is 3.23. The number of amides is 1. The lowest BCUT2D eigenvalue weighted by Crippen LogP contribution is -2.21. The van der Waals surface area contributed by atoms with Crippen molar-refractivity contribution in [1.82, 2.24) is 14.3 Å². The van der Waals surface area contributed by atoms with E-state index in [1.807, 2.05) is 30.3 Å². The molecule has 1 N–H and O–H groups in total. The summed E-state index contributed by atoms with van der Waals surface area (Å²) in [6.45, 7) is 0.773. The number of aromatic nitrogens is 3. The summed E-state index contributed by atoms with van der Waals surface area (Å²) in [6.07, 6.45) is 1.78. The minimum absolute atomic E-state index is 0.144. The van der Waals surface area contributed by atoms with Crippen molar-refractivity contribution in [1.29, 1.82) is 0 Å².